The average molecular weight is 407 g/mol. The summed E-state index contributed by atoms with van der Waals surface area (Å²) in [5.41, 5.74) is 0.407. The molecule has 1 amide bonds. The Morgan fingerprint density at radius 2 is 2.04 bits per heavy atom. The van der Waals surface area contributed by atoms with Crippen LogP contribution in [-0.4, -0.2) is 34.7 Å². The van der Waals surface area contributed by atoms with Crippen molar-refractivity contribution in [2.45, 2.75) is 70.2 Å². The van der Waals surface area contributed by atoms with Gasteiger partial charge >= 0.3 is 0 Å². The first-order chi connectivity index (χ1) is 13.1. The SMILES string of the molecule is CC(=O)N[C@]12CCO[C@@H](c3cc(Cl)ccc3O)[C@@H]1CC1CC2[C@@H](C)NC1(C)C. The molecule has 4 rings (SSSR count). The van der Waals surface area contributed by atoms with Gasteiger partial charge in [0.2, 0.25) is 5.91 Å². The number of hydrogen-bond acceptors (Lipinski definition) is 4. The van der Waals surface area contributed by atoms with E-state index in [0.717, 1.165) is 24.8 Å². The molecule has 1 aromatic carbocycles. The Bertz CT molecular complexity index is 783. The van der Waals surface area contributed by atoms with E-state index in [4.69, 9.17) is 16.3 Å². The molecule has 2 saturated heterocycles. The summed E-state index contributed by atoms with van der Waals surface area (Å²) in [6.07, 6.45) is 2.52. The second-order valence-electron chi connectivity index (χ2n) is 9.50. The van der Waals surface area contributed by atoms with Crippen LogP contribution in [0.1, 0.15) is 58.6 Å². The third-order valence-corrected chi connectivity index (χ3v) is 7.74. The number of carbonyl (C=O) groups is 1. The monoisotopic (exact) mass is 406 g/mol. The summed E-state index contributed by atoms with van der Waals surface area (Å²) >= 11 is 6.25. The Morgan fingerprint density at radius 3 is 2.75 bits per heavy atom. The van der Waals surface area contributed by atoms with Crippen molar-refractivity contribution in [2.75, 3.05) is 6.61 Å². The molecular formula is C22H31ClN2O3. The van der Waals surface area contributed by atoms with Gasteiger partial charge in [0, 0.05) is 41.6 Å². The molecule has 6 atom stereocenters. The third kappa shape index (κ3) is 3.12. The highest BCUT2D eigenvalue weighted by atomic mass is 35.5. The number of piperidine rings is 1. The number of phenols is 1. The van der Waals surface area contributed by atoms with Gasteiger partial charge in [-0.25, -0.2) is 0 Å². The number of phenolic OH excluding ortho intramolecular Hbond substituents is 1. The maximum absolute atomic E-state index is 12.3. The Morgan fingerprint density at radius 1 is 1.32 bits per heavy atom. The van der Waals surface area contributed by atoms with Gasteiger partial charge in [0.15, 0.2) is 0 Å². The summed E-state index contributed by atoms with van der Waals surface area (Å²) in [4.78, 5) is 12.3. The van der Waals surface area contributed by atoms with Crippen molar-refractivity contribution in [3.05, 3.63) is 28.8 Å². The van der Waals surface area contributed by atoms with Gasteiger partial charge in [0.1, 0.15) is 5.75 Å². The highest BCUT2D eigenvalue weighted by molar-refractivity contribution is 6.30. The zero-order valence-electron chi connectivity index (χ0n) is 17.1. The minimum atomic E-state index is -0.344. The van der Waals surface area contributed by atoms with Crippen LogP contribution in [0.5, 0.6) is 5.75 Å². The summed E-state index contributed by atoms with van der Waals surface area (Å²) in [5.74, 6) is 1.08. The molecule has 2 aliphatic heterocycles. The molecule has 0 spiro atoms. The average Bonchev–Trinajstić information content (AvgIpc) is 2.60. The van der Waals surface area contributed by atoms with Crippen molar-refractivity contribution in [1.82, 2.24) is 10.6 Å². The van der Waals surface area contributed by atoms with Crippen molar-refractivity contribution in [1.29, 1.82) is 0 Å². The van der Waals surface area contributed by atoms with E-state index >= 15 is 0 Å². The quantitative estimate of drug-likeness (QED) is 0.698. The van der Waals surface area contributed by atoms with Crippen LogP contribution in [0.4, 0.5) is 0 Å². The first kappa shape index (κ1) is 20.0. The number of ether oxygens (including phenoxy) is 1. The minimum Gasteiger partial charge on any atom is -0.508 e. The highest BCUT2D eigenvalue weighted by Gasteiger charge is 2.61. The number of amides is 1. The van der Waals surface area contributed by atoms with Gasteiger partial charge in [-0.1, -0.05) is 11.6 Å². The number of aromatic hydroxyl groups is 1. The first-order valence-corrected chi connectivity index (χ1v) is 10.7. The molecule has 0 aromatic heterocycles. The molecule has 2 bridgehead atoms. The van der Waals surface area contributed by atoms with E-state index in [-0.39, 0.29) is 40.8 Å². The zero-order valence-corrected chi connectivity index (χ0v) is 17.8. The second kappa shape index (κ2) is 6.89. The Kier molecular flexibility index (Phi) is 4.92. The second-order valence-corrected chi connectivity index (χ2v) is 9.94. The predicted octanol–water partition coefficient (Wildman–Crippen LogP) is 3.79. The molecule has 3 N–H and O–H groups in total. The van der Waals surface area contributed by atoms with E-state index in [1.54, 1.807) is 19.1 Å². The molecular weight excluding hydrogens is 376 g/mol. The van der Waals surface area contributed by atoms with E-state index in [9.17, 15) is 9.90 Å². The molecule has 2 heterocycles. The van der Waals surface area contributed by atoms with E-state index in [1.807, 2.05) is 6.07 Å². The molecule has 2 unspecified atom stereocenters. The minimum absolute atomic E-state index is 0.00329. The fourth-order valence-corrected chi connectivity index (χ4v) is 6.50. The molecule has 28 heavy (non-hydrogen) atoms. The van der Waals surface area contributed by atoms with Gasteiger partial charge in [-0.05, 0) is 70.1 Å². The molecule has 154 valence electrons. The molecule has 1 saturated carbocycles. The Balaban J connectivity index is 1.82. The molecule has 0 radical (unpaired) electrons. The summed E-state index contributed by atoms with van der Waals surface area (Å²) in [5, 5.41) is 18.3. The fraction of sp³-hybridized carbons (Fsp3) is 0.682. The van der Waals surface area contributed by atoms with Gasteiger partial charge in [-0.3, -0.25) is 4.79 Å². The van der Waals surface area contributed by atoms with E-state index in [0.29, 0.717) is 23.5 Å². The summed E-state index contributed by atoms with van der Waals surface area (Å²) in [7, 11) is 0. The van der Waals surface area contributed by atoms with Gasteiger partial charge in [-0.15, -0.1) is 0 Å². The lowest BCUT2D eigenvalue weighted by Crippen LogP contribution is -2.73. The van der Waals surface area contributed by atoms with Crippen LogP contribution in [-0.2, 0) is 9.53 Å². The normalized spacial score (nSPS) is 39.1. The summed E-state index contributed by atoms with van der Waals surface area (Å²) in [6.45, 7) is 8.92. The lowest BCUT2D eigenvalue weighted by atomic mass is 9.52. The zero-order chi connectivity index (χ0) is 20.3. The molecule has 3 aliphatic rings. The van der Waals surface area contributed by atoms with Crippen molar-refractivity contribution in [2.24, 2.45) is 17.8 Å². The molecule has 1 aliphatic carbocycles. The standard InChI is InChI=1S/C22H31ClN2O3/c1-12-17-9-14(21(3,4)24-12)10-18-20(16-11-15(23)5-6-19(16)27)28-8-7-22(17,18)25-13(2)26/h5-6,11-12,14,17-18,20,24,27H,7-10H2,1-4H3,(H,25,26)/t12-,14?,17?,18+,20+,22+/m1/s1. The van der Waals surface area contributed by atoms with E-state index in [1.165, 1.54) is 0 Å². The van der Waals surface area contributed by atoms with Gasteiger partial charge < -0.3 is 20.5 Å². The van der Waals surface area contributed by atoms with Gasteiger partial charge in [0.25, 0.3) is 0 Å². The highest BCUT2D eigenvalue weighted by Crippen LogP contribution is 2.57. The molecule has 3 fully saturated rings. The van der Waals surface area contributed by atoms with E-state index < -0.39 is 0 Å². The maximum Gasteiger partial charge on any atom is 0.217 e. The van der Waals surface area contributed by atoms with Crippen molar-refractivity contribution in [3.8, 4) is 5.75 Å². The van der Waals surface area contributed by atoms with Crippen molar-refractivity contribution in [3.63, 3.8) is 0 Å². The number of fused-ring (bicyclic) bond motifs is 4. The number of nitrogens with one attached hydrogen (secondary N) is 2. The number of halogens is 1. The maximum atomic E-state index is 12.3. The fourth-order valence-electron chi connectivity index (χ4n) is 6.32. The largest absolute Gasteiger partial charge is 0.508 e. The van der Waals surface area contributed by atoms with Crippen LogP contribution in [0.15, 0.2) is 18.2 Å². The Labute approximate surface area is 172 Å². The number of hydrogen-bond donors (Lipinski definition) is 3. The molecule has 6 heteroatoms. The lowest BCUT2D eigenvalue weighted by Gasteiger charge is -2.63. The first-order valence-electron chi connectivity index (χ1n) is 10.3. The summed E-state index contributed by atoms with van der Waals surface area (Å²) in [6, 6.07) is 5.41. The van der Waals surface area contributed by atoms with Crippen molar-refractivity contribution < 1.29 is 14.6 Å². The van der Waals surface area contributed by atoms with E-state index in [2.05, 4.69) is 31.4 Å². The number of carbonyl (C=O) groups excluding carboxylic acids is 1. The van der Waals surface area contributed by atoms with Crippen LogP contribution in [0.25, 0.3) is 0 Å². The predicted molar refractivity (Wildman–Crippen MR) is 109 cm³/mol. The summed E-state index contributed by atoms with van der Waals surface area (Å²) < 4.78 is 6.25. The van der Waals surface area contributed by atoms with Crippen LogP contribution in [0.3, 0.4) is 0 Å². The topological polar surface area (TPSA) is 70.6 Å². The number of benzene rings is 1. The lowest BCUT2D eigenvalue weighted by molar-refractivity contribution is -0.161. The smallest absolute Gasteiger partial charge is 0.217 e. The Hall–Kier alpha value is -1.30. The third-order valence-electron chi connectivity index (χ3n) is 7.51. The molecule has 1 aromatic rings. The van der Waals surface area contributed by atoms with Crippen LogP contribution in [0, 0.1) is 17.8 Å². The molecule has 5 nitrogen and oxygen atoms in total. The number of rotatable bonds is 2. The van der Waals surface area contributed by atoms with Crippen LogP contribution < -0.4 is 10.6 Å². The van der Waals surface area contributed by atoms with Crippen LogP contribution >= 0.6 is 11.6 Å². The van der Waals surface area contributed by atoms with Gasteiger partial charge in [-0.2, -0.15) is 0 Å². The van der Waals surface area contributed by atoms with Crippen LogP contribution in [0.2, 0.25) is 5.02 Å². The van der Waals surface area contributed by atoms with Gasteiger partial charge in [0.05, 0.1) is 11.6 Å². The van der Waals surface area contributed by atoms with Crippen molar-refractivity contribution >= 4 is 17.5 Å².